The Bertz CT molecular complexity index is 683. The van der Waals surface area contributed by atoms with E-state index in [2.05, 4.69) is 10.3 Å². The maximum Gasteiger partial charge on any atom is 0.418 e. The highest BCUT2D eigenvalue weighted by atomic mass is 19.4. The third-order valence-corrected chi connectivity index (χ3v) is 2.91. The van der Waals surface area contributed by atoms with E-state index in [1.807, 2.05) is 0 Å². The zero-order valence-corrected chi connectivity index (χ0v) is 11.0. The van der Waals surface area contributed by atoms with Crippen molar-refractivity contribution >= 4 is 17.3 Å². The van der Waals surface area contributed by atoms with Gasteiger partial charge in [-0.1, -0.05) is 0 Å². The number of halogens is 3. The van der Waals surface area contributed by atoms with Crippen LogP contribution >= 0.6 is 0 Å². The van der Waals surface area contributed by atoms with Crippen LogP contribution in [0.5, 0.6) is 0 Å². The number of carbonyl (C=O) groups excluding carboxylic acids is 1. The summed E-state index contributed by atoms with van der Waals surface area (Å²) in [5.41, 5.74) is 4.91. The smallest absolute Gasteiger partial charge is 0.398 e. The molecule has 0 atom stereocenters. The summed E-state index contributed by atoms with van der Waals surface area (Å²) in [5, 5.41) is 2.52. The first-order valence-electron chi connectivity index (χ1n) is 5.97. The number of hydrogen-bond acceptors (Lipinski definition) is 3. The molecule has 0 saturated heterocycles. The fraction of sp³-hybridized carbons (Fsp3) is 0.143. The molecule has 1 aromatic carbocycles. The second-order valence-corrected chi connectivity index (χ2v) is 4.44. The molecule has 4 nitrogen and oxygen atoms in total. The minimum absolute atomic E-state index is 0.125. The van der Waals surface area contributed by atoms with Gasteiger partial charge < -0.3 is 11.1 Å². The number of nitrogens with two attached hydrogens (primary N) is 1. The fourth-order valence-corrected chi connectivity index (χ4v) is 1.73. The first-order valence-corrected chi connectivity index (χ1v) is 5.97. The van der Waals surface area contributed by atoms with Crippen LogP contribution in [0, 0.1) is 6.92 Å². The van der Waals surface area contributed by atoms with Gasteiger partial charge in [0.25, 0.3) is 5.91 Å². The Balaban J connectivity index is 2.31. The lowest BCUT2D eigenvalue weighted by molar-refractivity contribution is -0.136. The number of benzene rings is 1. The first kappa shape index (κ1) is 14.8. The number of aryl methyl sites for hydroxylation is 1. The lowest BCUT2D eigenvalue weighted by Crippen LogP contribution is -2.16. The van der Waals surface area contributed by atoms with Gasteiger partial charge >= 0.3 is 6.18 Å². The minimum Gasteiger partial charge on any atom is -0.398 e. The number of nitrogens with zero attached hydrogens (tertiary/aromatic N) is 1. The average molecular weight is 295 g/mol. The van der Waals surface area contributed by atoms with Gasteiger partial charge in [-0.15, -0.1) is 0 Å². The molecule has 110 valence electrons. The molecule has 1 aromatic heterocycles. The Kier molecular flexibility index (Phi) is 3.84. The number of alkyl halides is 3. The quantitative estimate of drug-likeness (QED) is 0.836. The monoisotopic (exact) mass is 295 g/mol. The molecule has 2 rings (SSSR count). The van der Waals surface area contributed by atoms with Crippen molar-refractivity contribution < 1.29 is 18.0 Å². The van der Waals surface area contributed by atoms with Crippen molar-refractivity contribution in [2.24, 2.45) is 0 Å². The summed E-state index contributed by atoms with van der Waals surface area (Å²) in [7, 11) is 0. The number of rotatable bonds is 2. The number of pyridine rings is 1. The number of aromatic nitrogens is 1. The van der Waals surface area contributed by atoms with Crippen molar-refractivity contribution in [3.63, 3.8) is 0 Å². The van der Waals surface area contributed by atoms with Gasteiger partial charge in [0, 0.05) is 17.4 Å². The van der Waals surface area contributed by atoms with Crippen LogP contribution in [0.25, 0.3) is 0 Å². The number of anilines is 2. The molecule has 0 aliphatic carbocycles. The molecule has 1 heterocycles. The molecule has 0 saturated carbocycles. The summed E-state index contributed by atoms with van der Waals surface area (Å²) < 4.78 is 38.3. The zero-order chi connectivity index (χ0) is 15.6. The van der Waals surface area contributed by atoms with Crippen LogP contribution in [0.15, 0.2) is 36.7 Å². The number of carbonyl (C=O) groups is 1. The van der Waals surface area contributed by atoms with Crippen molar-refractivity contribution in [1.29, 1.82) is 0 Å². The van der Waals surface area contributed by atoms with Crippen molar-refractivity contribution in [3.8, 4) is 0 Å². The Hall–Kier alpha value is -2.57. The van der Waals surface area contributed by atoms with E-state index < -0.39 is 23.3 Å². The maximum absolute atomic E-state index is 12.8. The number of nitrogen functional groups attached to an aromatic ring is 1. The lowest BCUT2D eigenvalue weighted by atomic mass is 10.1. The highest BCUT2D eigenvalue weighted by Gasteiger charge is 2.33. The van der Waals surface area contributed by atoms with Crippen molar-refractivity contribution in [2.75, 3.05) is 11.1 Å². The highest BCUT2D eigenvalue weighted by molar-refractivity contribution is 6.04. The van der Waals surface area contributed by atoms with Crippen LogP contribution in [0.4, 0.5) is 24.5 Å². The first-order chi connectivity index (χ1) is 9.79. The van der Waals surface area contributed by atoms with E-state index in [9.17, 15) is 18.0 Å². The molecular weight excluding hydrogens is 283 g/mol. The van der Waals surface area contributed by atoms with Crippen molar-refractivity contribution in [3.05, 3.63) is 53.3 Å². The predicted molar refractivity (Wildman–Crippen MR) is 72.8 cm³/mol. The van der Waals surface area contributed by atoms with Crippen LogP contribution in [0.1, 0.15) is 21.5 Å². The topological polar surface area (TPSA) is 68.0 Å². The second kappa shape index (κ2) is 5.43. The Morgan fingerprint density at radius 3 is 2.62 bits per heavy atom. The van der Waals surface area contributed by atoms with E-state index in [1.54, 1.807) is 19.2 Å². The van der Waals surface area contributed by atoms with Crippen molar-refractivity contribution in [2.45, 2.75) is 13.1 Å². The van der Waals surface area contributed by atoms with E-state index in [0.717, 1.165) is 17.7 Å². The van der Waals surface area contributed by atoms with E-state index in [4.69, 9.17) is 5.73 Å². The minimum atomic E-state index is -4.61. The van der Waals surface area contributed by atoms with Gasteiger partial charge in [-0.05, 0) is 36.8 Å². The molecule has 1 amide bonds. The van der Waals surface area contributed by atoms with Crippen molar-refractivity contribution in [1.82, 2.24) is 4.98 Å². The van der Waals surface area contributed by atoms with E-state index in [-0.39, 0.29) is 5.56 Å². The number of amides is 1. The predicted octanol–water partition coefficient (Wildman–Crippen LogP) is 3.24. The molecule has 0 bridgehead atoms. The third kappa shape index (κ3) is 3.31. The molecule has 0 aliphatic rings. The van der Waals surface area contributed by atoms with Gasteiger partial charge in [0.15, 0.2) is 0 Å². The van der Waals surface area contributed by atoms with Gasteiger partial charge in [0.2, 0.25) is 0 Å². The third-order valence-electron chi connectivity index (χ3n) is 2.91. The summed E-state index contributed by atoms with van der Waals surface area (Å²) >= 11 is 0. The Morgan fingerprint density at radius 1 is 1.29 bits per heavy atom. The van der Waals surface area contributed by atoms with Crippen LogP contribution in [-0.4, -0.2) is 10.9 Å². The van der Waals surface area contributed by atoms with Gasteiger partial charge in [0.05, 0.1) is 17.4 Å². The zero-order valence-electron chi connectivity index (χ0n) is 11.0. The van der Waals surface area contributed by atoms with Gasteiger partial charge in [-0.2, -0.15) is 13.2 Å². The van der Waals surface area contributed by atoms with E-state index in [0.29, 0.717) is 5.69 Å². The molecule has 0 spiro atoms. The van der Waals surface area contributed by atoms with E-state index in [1.165, 1.54) is 12.3 Å². The Morgan fingerprint density at radius 2 is 2.00 bits per heavy atom. The molecule has 0 radical (unpaired) electrons. The summed E-state index contributed by atoms with van der Waals surface area (Å²) in [5.74, 6) is -0.656. The molecule has 3 N–H and O–H groups in total. The number of hydrogen-bond donors (Lipinski definition) is 2. The molecule has 7 heteroatoms. The fourth-order valence-electron chi connectivity index (χ4n) is 1.73. The molecule has 21 heavy (non-hydrogen) atoms. The standard InChI is InChI=1S/C14H12F3N3O/c1-8-4-5-19-7-12(8)20-13(21)9-2-3-11(18)10(6-9)14(15,16)17/h2-7H,18H2,1H3,(H,20,21). The van der Waals surface area contributed by atoms with Crippen LogP contribution in [0.3, 0.4) is 0 Å². The molecule has 0 fully saturated rings. The lowest BCUT2D eigenvalue weighted by Gasteiger charge is -2.12. The number of nitrogens with one attached hydrogen (secondary N) is 1. The normalized spacial score (nSPS) is 11.2. The van der Waals surface area contributed by atoms with Crippen LogP contribution < -0.4 is 11.1 Å². The highest BCUT2D eigenvalue weighted by Crippen LogP contribution is 2.34. The SMILES string of the molecule is Cc1ccncc1NC(=O)c1ccc(N)c(C(F)(F)F)c1. The summed E-state index contributed by atoms with van der Waals surface area (Å²) in [6, 6.07) is 4.72. The van der Waals surface area contributed by atoms with Crippen LogP contribution in [0.2, 0.25) is 0 Å². The molecule has 2 aromatic rings. The van der Waals surface area contributed by atoms with Gasteiger partial charge in [-0.25, -0.2) is 0 Å². The maximum atomic E-state index is 12.8. The largest absolute Gasteiger partial charge is 0.418 e. The van der Waals surface area contributed by atoms with Crippen LogP contribution in [-0.2, 0) is 6.18 Å². The molecule has 0 aliphatic heterocycles. The Labute approximate surface area is 118 Å². The summed E-state index contributed by atoms with van der Waals surface area (Å²) in [4.78, 5) is 15.9. The molecule has 0 unspecified atom stereocenters. The van der Waals surface area contributed by atoms with E-state index >= 15 is 0 Å². The summed E-state index contributed by atoms with van der Waals surface area (Å²) in [6.07, 6.45) is -1.63. The van der Waals surface area contributed by atoms with Gasteiger partial charge in [-0.3, -0.25) is 9.78 Å². The molecular formula is C14H12F3N3O. The van der Waals surface area contributed by atoms with Gasteiger partial charge in [0.1, 0.15) is 0 Å². The summed E-state index contributed by atoms with van der Waals surface area (Å²) in [6.45, 7) is 1.75. The second-order valence-electron chi connectivity index (χ2n) is 4.44. The average Bonchev–Trinajstić information content (AvgIpc) is 2.40.